The van der Waals surface area contributed by atoms with Gasteiger partial charge in [-0.1, -0.05) is 0 Å². The molecule has 0 spiro atoms. The van der Waals surface area contributed by atoms with Crippen LogP contribution in [0.2, 0.25) is 0 Å². The van der Waals surface area contributed by atoms with Crippen molar-refractivity contribution in [3.8, 4) is 11.5 Å². The number of ether oxygens (including phenoxy) is 3. The number of hydrogen-bond donors (Lipinski definition) is 0. The van der Waals surface area contributed by atoms with Gasteiger partial charge >= 0.3 is 5.97 Å². The molecule has 0 bridgehead atoms. The van der Waals surface area contributed by atoms with Crippen LogP contribution in [0.4, 0.5) is 0 Å². The lowest BCUT2D eigenvalue weighted by molar-refractivity contribution is -0.150. The van der Waals surface area contributed by atoms with E-state index in [1.165, 1.54) is 14.2 Å². The predicted molar refractivity (Wildman–Crippen MR) is 72.3 cm³/mol. The van der Waals surface area contributed by atoms with Gasteiger partial charge in [0.15, 0.2) is 5.78 Å². The van der Waals surface area contributed by atoms with E-state index in [0.717, 1.165) is 5.56 Å². The number of ketones is 1. The maximum Gasteiger partial charge on any atom is 0.317 e. The largest absolute Gasteiger partial charge is 0.497 e. The molecule has 1 aromatic carbocycles. The molecule has 0 aliphatic heterocycles. The summed E-state index contributed by atoms with van der Waals surface area (Å²) in [5.74, 6) is -0.405. The fourth-order valence-electron chi connectivity index (χ4n) is 2.34. The maximum absolute atomic E-state index is 12.3. The molecular formula is C15H18O5. The highest BCUT2D eigenvalue weighted by molar-refractivity contribution is 6.13. The molecule has 0 aromatic heterocycles. The summed E-state index contributed by atoms with van der Waals surface area (Å²) < 4.78 is 15.5. The first-order valence-electron chi connectivity index (χ1n) is 6.47. The fourth-order valence-corrected chi connectivity index (χ4v) is 2.34. The first kappa shape index (κ1) is 14.4. The van der Waals surface area contributed by atoms with Gasteiger partial charge in [-0.25, -0.2) is 0 Å². The Morgan fingerprint density at radius 3 is 2.50 bits per heavy atom. The number of carbonyl (C=O) groups is 2. The van der Waals surface area contributed by atoms with Crippen molar-refractivity contribution in [1.82, 2.24) is 0 Å². The molecule has 1 atom stereocenters. The molecular weight excluding hydrogens is 260 g/mol. The zero-order valence-corrected chi connectivity index (χ0v) is 12.1. The van der Waals surface area contributed by atoms with Crippen molar-refractivity contribution in [2.24, 2.45) is 5.92 Å². The summed E-state index contributed by atoms with van der Waals surface area (Å²) in [6.45, 7) is 3.52. The van der Waals surface area contributed by atoms with Gasteiger partial charge in [0.1, 0.15) is 17.4 Å². The van der Waals surface area contributed by atoms with Crippen LogP contribution in [0.3, 0.4) is 0 Å². The minimum absolute atomic E-state index is 0.233. The highest BCUT2D eigenvalue weighted by Gasteiger charge is 2.39. The number of hydrogen-bond acceptors (Lipinski definition) is 5. The molecule has 0 amide bonds. The summed E-state index contributed by atoms with van der Waals surface area (Å²) in [5.41, 5.74) is 1.22. The van der Waals surface area contributed by atoms with E-state index in [1.54, 1.807) is 26.0 Å². The van der Waals surface area contributed by atoms with Crippen LogP contribution in [0.1, 0.15) is 29.8 Å². The van der Waals surface area contributed by atoms with Crippen LogP contribution in [-0.2, 0) is 16.0 Å². The van der Waals surface area contributed by atoms with Gasteiger partial charge in [-0.15, -0.1) is 0 Å². The highest BCUT2D eigenvalue weighted by Crippen LogP contribution is 2.37. The number of benzene rings is 1. The standard InChI is InChI=1S/C15H18O5/c1-8(2)20-15(17)12-7-10-11(14(12)16)5-9(18-3)6-13(10)19-4/h5-6,8,12H,7H2,1-4H3. The molecule has 5 nitrogen and oxygen atoms in total. The van der Waals surface area contributed by atoms with Gasteiger partial charge in [0, 0.05) is 17.2 Å². The Bertz CT molecular complexity index is 547. The molecule has 1 unspecified atom stereocenters. The minimum Gasteiger partial charge on any atom is -0.497 e. The molecule has 2 rings (SSSR count). The molecule has 0 saturated heterocycles. The van der Waals surface area contributed by atoms with Crippen LogP contribution in [-0.4, -0.2) is 32.1 Å². The van der Waals surface area contributed by atoms with Gasteiger partial charge in [-0.05, 0) is 26.3 Å². The van der Waals surface area contributed by atoms with E-state index in [1.807, 2.05) is 0 Å². The predicted octanol–water partition coefficient (Wildman–Crippen LogP) is 2.01. The van der Waals surface area contributed by atoms with E-state index in [-0.39, 0.29) is 11.9 Å². The number of methoxy groups -OCH3 is 2. The highest BCUT2D eigenvalue weighted by atomic mass is 16.5. The van der Waals surface area contributed by atoms with Crippen molar-refractivity contribution >= 4 is 11.8 Å². The van der Waals surface area contributed by atoms with Gasteiger partial charge in [0.25, 0.3) is 0 Å². The van der Waals surface area contributed by atoms with Gasteiger partial charge in [-0.2, -0.15) is 0 Å². The van der Waals surface area contributed by atoms with Crippen molar-refractivity contribution in [3.05, 3.63) is 23.3 Å². The lowest BCUT2D eigenvalue weighted by atomic mass is 10.1. The third kappa shape index (κ3) is 2.48. The monoisotopic (exact) mass is 278 g/mol. The Morgan fingerprint density at radius 1 is 1.25 bits per heavy atom. The van der Waals surface area contributed by atoms with E-state index in [2.05, 4.69) is 0 Å². The normalized spacial score (nSPS) is 17.1. The lowest BCUT2D eigenvalue weighted by Gasteiger charge is -2.11. The van der Waals surface area contributed by atoms with Crippen molar-refractivity contribution in [2.45, 2.75) is 26.4 Å². The van der Waals surface area contributed by atoms with E-state index in [0.29, 0.717) is 23.5 Å². The molecule has 0 N–H and O–H groups in total. The SMILES string of the molecule is COc1cc(OC)c2c(c1)C(=O)C(C(=O)OC(C)C)C2. The van der Waals surface area contributed by atoms with E-state index in [9.17, 15) is 9.59 Å². The molecule has 1 aliphatic carbocycles. The van der Waals surface area contributed by atoms with Gasteiger partial charge < -0.3 is 14.2 Å². The quantitative estimate of drug-likeness (QED) is 0.623. The average molecular weight is 278 g/mol. The van der Waals surface area contributed by atoms with Gasteiger partial charge in [0.05, 0.1) is 20.3 Å². The number of fused-ring (bicyclic) bond motifs is 1. The van der Waals surface area contributed by atoms with Crippen LogP contribution in [0.25, 0.3) is 0 Å². The average Bonchev–Trinajstić information content (AvgIpc) is 2.74. The Morgan fingerprint density at radius 2 is 1.95 bits per heavy atom. The number of rotatable bonds is 4. The molecule has 0 fully saturated rings. The number of carbonyl (C=O) groups excluding carboxylic acids is 2. The molecule has 20 heavy (non-hydrogen) atoms. The summed E-state index contributed by atoms with van der Waals surface area (Å²) in [5, 5.41) is 0. The van der Waals surface area contributed by atoms with E-state index < -0.39 is 11.9 Å². The topological polar surface area (TPSA) is 61.8 Å². The van der Waals surface area contributed by atoms with Crippen LogP contribution in [0.15, 0.2) is 12.1 Å². The maximum atomic E-state index is 12.3. The van der Waals surface area contributed by atoms with E-state index >= 15 is 0 Å². The summed E-state index contributed by atoms with van der Waals surface area (Å²) in [7, 11) is 3.05. The first-order chi connectivity index (χ1) is 9.47. The second kappa shape index (κ2) is 5.53. The van der Waals surface area contributed by atoms with Crippen molar-refractivity contribution < 1.29 is 23.8 Å². The second-order valence-corrected chi connectivity index (χ2v) is 4.96. The molecule has 1 aliphatic rings. The number of Topliss-reactive ketones (excluding diaryl/α,β-unsaturated/α-hetero) is 1. The zero-order chi connectivity index (χ0) is 14.9. The summed E-state index contributed by atoms with van der Waals surface area (Å²) >= 11 is 0. The van der Waals surface area contributed by atoms with Crippen LogP contribution >= 0.6 is 0 Å². The molecule has 5 heteroatoms. The summed E-state index contributed by atoms with van der Waals surface area (Å²) in [6, 6.07) is 3.35. The fraction of sp³-hybridized carbons (Fsp3) is 0.467. The summed E-state index contributed by atoms with van der Waals surface area (Å²) in [6.07, 6.45) is 0.0721. The van der Waals surface area contributed by atoms with E-state index in [4.69, 9.17) is 14.2 Å². The Labute approximate surface area is 117 Å². The minimum atomic E-state index is -0.784. The lowest BCUT2D eigenvalue weighted by Crippen LogP contribution is -2.25. The Balaban J connectivity index is 2.35. The Hall–Kier alpha value is -2.04. The third-order valence-electron chi connectivity index (χ3n) is 3.26. The molecule has 0 saturated carbocycles. The number of esters is 1. The van der Waals surface area contributed by atoms with Gasteiger partial charge in [-0.3, -0.25) is 9.59 Å². The molecule has 108 valence electrons. The second-order valence-electron chi connectivity index (χ2n) is 4.96. The first-order valence-corrected chi connectivity index (χ1v) is 6.47. The van der Waals surface area contributed by atoms with Crippen molar-refractivity contribution in [1.29, 1.82) is 0 Å². The molecule has 0 heterocycles. The summed E-state index contributed by atoms with van der Waals surface area (Å²) in [4.78, 5) is 24.3. The third-order valence-corrected chi connectivity index (χ3v) is 3.26. The van der Waals surface area contributed by atoms with Crippen LogP contribution < -0.4 is 9.47 Å². The van der Waals surface area contributed by atoms with Crippen LogP contribution in [0, 0.1) is 5.92 Å². The smallest absolute Gasteiger partial charge is 0.317 e. The van der Waals surface area contributed by atoms with Crippen LogP contribution in [0.5, 0.6) is 11.5 Å². The Kier molecular flexibility index (Phi) is 3.97. The van der Waals surface area contributed by atoms with Crippen molar-refractivity contribution in [2.75, 3.05) is 14.2 Å². The van der Waals surface area contributed by atoms with Crippen molar-refractivity contribution in [3.63, 3.8) is 0 Å². The molecule has 0 radical (unpaired) electrons. The molecule has 1 aromatic rings. The zero-order valence-electron chi connectivity index (χ0n) is 12.1. The van der Waals surface area contributed by atoms with Gasteiger partial charge in [0.2, 0.25) is 0 Å².